The Labute approximate surface area is 330 Å². The van der Waals surface area contributed by atoms with E-state index in [9.17, 15) is 0 Å². The van der Waals surface area contributed by atoms with Gasteiger partial charge in [-0.05, 0) is 51.4 Å². The van der Waals surface area contributed by atoms with Crippen LogP contribution in [0.4, 0.5) is 0 Å². The zero-order valence-electron chi connectivity index (χ0n) is 35.9. The number of hydrogen-bond acceptors (Lipinski definition) is 0. The number of quaternary nitrogens is 1. The van der Waals surface area contributed by atoms with E-state index in [0.29, 0.717) is 0 Å². The highest BCUT2D eigenvalue weighted by atomic mass is 79.9. The maximum absolute atomic E-state index is 2.37. The second kappa shape index (κ2) is 45.6. The fraction of sp³-hybridized carbons (Fsp3) is 1.00. The molecule has 0 radical (unpaired) electrons. The molecule has 0 aliphatic rings. The van der Waals surface area contributed by atoms with Crippen molar-refractivity contribution >= 4 is 0 Å². The normalized spacial score (nSPS) is 11.8. The first-order chi connectivity index (χ1) is 24.2. The Morgan fingerprint density at radius 3 is 0.460 bits per heavy atom. The molecule has 0 N–H and O–H groups in total. The molecule has 0 atom stereocenters. The average Bonchev–Trinajstić information content (AvgIpc) is 3.11. The molecular formula is C48H100BrN. The monoisotopic (exact) mass is 770 g/mol. The molecule has 0 unspecified atom stereocenters. The maximum atomic E-state index is 2.37. The van der Waals surface area contributed by atoms with Crippen LogP contribution in [0.2, 0.25) is 0 Å². The quantitative estimate of drug-likeness (QED) is 0.0428. The third-order valence-corrected chi connectivity index (χ3v) is 11.9. The van der Waals surface area contributed by atoms with Crippen LogP contribution in [0.1, 0.15) is 285 Å². The molecule has 0 aromatic heterocycles. The van der Waals surface area contributed by atoms with E-state index < -0.39 is 0 Å². The molecule has 0 heterocycles. The molecule has 0 amide bonds. The van der Waals surface area contributed by atoms with E-state index in [2.05, 4.69) is 27.7 Å². The SMILES string of the molecule is CCCCCCCCCCCCCCCCCC[N+](CCCCCC)(CCCCCC)CCCCCCCCCCCCCCCCCC.[Br-]. The number of rotatable bonds is 44. The lowest BCUT2D eigenvalue weighted by molar-refractivity contribution is -0.929. The molecule has 0 saturated heterocycles. The zero-order valence-corrected chi connectivity index (χ0v) is 37.5. The van der Waals surface area contributed by atoms with E-state index in [1.54, 1.807) is 0 Å². The molecule has 0 aliphatic heterocycles. The van der Waals surface area contributed by atoms with Crippen molar-refractivity contribution < 1.29 is 21.5 Å². The van der Waals surface area contributed by atoms with Crippen LogP contribution in [0.5, 0.6) is 0 Å². The van der Waals surface area contributed by atoms with E-state index in [4.69, 9.17) is 0 Å². The summed E-state index contributed by atoms with van der Waals surface area (Å²) in [5.41, 5.74) is 0. The van der Waals surface area contributed by atoms with Gasteiger partial charge in [-0.2, -0.15) is 0 Å². The molecule has 0 aliphatic carbocycles. The Balaban J connectivity index is 0. The Morgan fingerprint density at radius 2 is 0.300 bits per heavy atom. The summed E-state index contributed by atoms with van der Waals surface area (Å²) < 4.78 is 1.48. The molecule has 50 heavy (non-hydrogen) atoms. The third-order valence-electron chi connectivity index (χ3n) is 11.9. The molecule has 2 heteroatoms. The first-order valence-corrected chi connectivity index (χ1v) is 24.1. The van der Waals surface area contributed by atoms with Crippen LogP contribution in [0.3, 0.4) is 0 Å². The van der Waals surface area contributed by atoms with Crippen molar-refractivity contribution in [3.8, 4) is 0 Å². The van der Waals surface area contributed by atoms with Gasteiger partial charge in [0.25, 0.3) is 0 Å². The van der Waals surface area contributed by atoms with Gasteiger partial charge in [0.2, 0.25) is 0 Å². The lowest BCUT2D eigenvalue weighted by Gasteiger charge is -2.39. The first-order valence-electron chi connectivity index (χ1n) is 24.1. The van der Waals surface area contributed by atoms with Crippen molar-refractivity contribution in [2.24, 2.45) is 0 Å². The lowest BCUT2D eigenvalue weighted by Crippen LogP contribution is -3.00. The summed E-state index contributed by atoms with van der Waals surface area (Å²) in [6.07, 6.45) is 58.7. The van der Waals surface area contributed by atoms with Crippen LogP contribution in [0.15, 0.2) is 0 Å². The second-order valence-corrected chi connectivity index (χ2v) is 17.0. The summed E-state index contributed by atoms with van der Waals surface area (Å²) in [7, 11) is 0. The molecule has 0 bridgehead atoms. The predicted molar refractivity (Wildman–Crippen MR) is 227 cm³/mol. The first kappa shape index (κ1) is 52.5. The Kier molecular flexibility index (Phi) is 47.9. The van der Waals surface area contributed by atoms with Gasteiger partial charge in [-0.15, -0.1) is 0 Å². The van der Waals surface area contributed by atoms with E-state index in [-0.39, 0.29) is 17.0 Å². The second-order valence-electron chi connectivity index (χ2n) is 17.0. The molecule has 1 nitrogen and oxygen atoms in total. The molecule has 0 rings (SSSR count). The molecule has 304 valence electrons. The predicted octanol–water partition coefficient (Wildman–Crippen LogP) is 14.5. The Hall–Kier alpha value is 0.440. The molecule has 0 fully saturated rings. The number of unbranched alkanes of at least 4 members (excludes halogenated alkanes) is 36. The highest BCUT2D eigenvalue weighted by molar-refractivity contribution is 4.56. The van der Waals surface area contributed by atoms with Gasteiger partial charge in [0.15, 0.2) is 0 Å². The topological polar surface area (TPSA) is 0 Å². The molecule has 0 spiro atoms. The summed E-state index contributed by atoms with van der Waals surface area (Å²) in [5.74, 6) is 0. The van der Waals surface area contributed by atoms with Gasteiger partial charge in [0.1, 0.15) is 0 Å². The van der Waals surface area contributed by atoms with Gasteiger partial charge < -0.3 is 21.5 Å². The molecule has 0 aromatic carbocycles. The lowest BCUT2D eigenvalue weighted by atomic mass is 10.0. The van der Waals surface area contributed by atoms with Gasteiger partial charge in [-0.3, -0.25) is 0 Å². The summed E-state index contributed by atoms with van der Waals surface area (Å²) in [4.78, 5) is 0. The standard InChI is InChI=1S/C48H100N.BrH/c1-5-9-13-17-19-21-23-25-27-29-31-33-35-37-39-43-47-49(45-41-15-11-7-3,46-42-16-12-8-4)48-44-40-38-36-34-32-30-28-26-24-22-20-18-14-10-6-2;/h5-48H2,1-4H3;1H/q+1;/p-1. The summed E-state index contributed by atoms with van der Waals surface area (Å²) in [6.45, 7) is 15.3. The van der Waals surface area contributed by atoms with E-state index in [1.165, 1.54) is 287 Å². The van der Waals surface area contributed by atoms with Gasteiger partial charge >= 0.3 is 0 Å². The Morgan fingerprint density at radius 1 is 0.180 bits per heavy atom. The number of hydrogen-bond donors (Lipinski definition) is 0. The summed E-state index contributed by atoms with van der Waals surface area (Å²) >= 11 is 0. The highest BCUT2D eigenvalue weighted by Crippen LogP contribution is 2.21. The average molecular weight is 771 g/mol. The van der Waals surface area contributed by atoms with Crippen LogP contribution in [-0.4, -0.2) is 30.7 Å². The van der Waals surface area contributed by atoms with Crippen LogP contribution >= 0.6 is 0 Å². The van der Waals surface area contributed by atoms with Gasteiger partial charge in [-0.25, -0.2) is 0 Å². The van der Waals surface area contributed by atoms with Gasteiger partial charge in [-0.1, -0.05) is 233 Å². The van der Waals surface area contributed by atoms with E-state index in [1.807, 2.05) is 0 Å². The minimum Gasteiger partial charge on any atom is -1.00 e. The van der Waals surface area contributed by atoms with Crippen molar-refractivity contribution in [2.45, 2.75) is 285 Å². The molecule has 0 saturated carbocycles. The van der Waals surface area contributed by atoms with Gasteiger partial charge in [0.05, 0.1) is 26.2 Å². The van der Waals surface area contributed by atoms with E-state index in [0.717, 1.165) is 0 Å². The number of nitrogens with zero attached hydrogens (tertiary/aromatic N) is 1. The summed E-state index contributed by atoms with van der Waals surface area (Å²) in [5, 5.41) is 0. The van der Waals surface area contributed by atoms with E-state index >= 15 is 0 Å². The van der Waals surface area contributed by atoms with Gasteiger partial charge in [0, 0.05) is 0 Å². The largest absolute Gasteiger partial charge is 1.00 e. The smallest absolute Gasteiger partial charge is 0.0786 e. The zero-order chi connectivity index (χ0) is 35.6. The van der Waals surface area contributed by atoms with Crippen molar-refractivity contribution in [1.29, 1.82) is 0 Å². The number of halogens is 1. The Bertz CT molecular complexity index is 527. The van der Waals surface area contributed by atoms with Crippen molar-refractivity contribution in [2.75, 3.05) is 26.2 Å². The minimum absolute atomic E-state index is 0. The van der Waals surface area contributed by atoms with Crippen molar-refractivity contribution in [3.63, 3.8) is 0 Å². The fourth-order valence-corrected chi connectivity index (χ4v) is 8.41. The van der Waals surface area contributed by atoms with Crippen molar-refractivity contribution in [1.82, 2.24) is 0 Å². The third kappa shape index (κ3) is 39.6. The van der Waals surface area contributed by atoms with Crippen LogP contribution < -0.4 is 17.0 Å². The van der Waals surface area contributed by atoms with Crippen molar-refractivity contribution in [3.05, 3.63) is 0 Å². The highest BCUT2D eigenvalue weighted by Gasteiger charge is 2.25. The molecule has 0 aromatic rings. The summed E-state index contributed by atoms with van der Waals surface area (Å²) in [6, 6.07) is 0. The minimum atomic E-state index is 0. The van der Waals surface area contributed by atoms with Crippen LogP contribution in [-0.2, 0) is 0 Å². The van der Waals surface area contributed by atoms with Crippen LogP contribution in [0.25, 0.3) is 0 Å². The fourth-order valence-electron chi connectivity index (χ4n) is 8.41. The maximum Gasteiger partial charge on any atom is 0.0786 e. The molecular weight excluding hydrogens is 670 g/mol. The van der Waals surface area contributed by atoms with Crippen LogP contribution in [0, 0.1) is 0 Å².